The van der Waals surface area contributed by atoms with E-state index in [2.05, 4.69) is 22.6 Å². The topological polar surface area (TPSA) is 9.23 Å². The smallest absolute Gasteiger partial charge is 0.190 e. The maximum atomic E-state index is 5.37. The molecule has 0 N–H and O–H groups in total. The van der Waals surface area contributed by atoms with Crippen LogP contribution in [-0.4, -0.2) is 5.05 Å². The van der Waals surface area contributed by atoms with Gasteiger partial charge in [0.2, 0.25) is 0 Å². The molecule has 72 valence electrons. The Bertz CT molecular complexity index is 344. The van der Waals surface area contributed by atoms with Crippen LogP contribution >= 0.6 is 34.8 Å². The average molecular weight is 316 g/mol. The molecule has 0 aliphatic rings. The Morgan fingerprint density at radius 1 is 1.21 bits per heavy atom. The molecule has 0 fully saturated rings. The third kappa shape index (κ3) is 4.53. The predicted molar refractivity (Wildman–Crippen MR) is 72.0 cm³/mol. The average Bonchev–Trinajstić information content (AvgIpc) is 2.20. The molecule has 0 amide bonds. The van der Waals surface area contributed by atoms with Gasteiger partial charge in [0.05, 0.1) is 0 Å². The molecule has 0 radical (unpaired) electrons. The van der Waals surface area contributed by atoms with Crippen molar-refractivity contribution in [2.45, 2.75) is 0 Å². The molecule has 0 aliphatic heterocycles. The van der Waals surface area contributed by atoms with E-state index in [1.807, 2.05) is 46.6 Å². The minimum atomic E-state index is 0.464. The van der Waals surface area contributed by atoms with Crippen LogP contribution in [-0.2, 0) is 0 Å². The number of ether oxygens (including phenoxy) is 1. The molecule has 0 saturated heterocycles. The van der Waals surface area contributed by atoms with Gasteiger partial charge in [-0.25, -0.2) is 0 Å². The lowest BCUT2D eigenvalue weighted by atomic mass is 10.3. The molecule has 0 spiro atoms. The van der Waals surface area contributed by atoms with Crippen LogP contribution in [0.2, 0.25) is 0 Å². The van der Waals surface area contributed by atoms with Crippen LogP contribution in [0.5, 0.6) is 5.75 Å². The molecule has 0 bridgehead atoms. The molecular formula is C11H9IOS. The Balaban J connectivity index is 2.50. The van der Waals surface area contributed by atoms with Gasteiger partial charge in [-0.2, -0.15) is 0 Å². The van der Waals surface area contributed by atoms with E-state index in [1.165, 1.54) is 0 Å². The van der Waals surface area contributed by atoms with E-state index in [0.717, 1.165) is 5.75 Å². The van der Waals surface area contributed by atoms with Gasteiger partial charge in [-0.15, -0.1) is 0 Å². The molecule has 1 nitrogen and oxygen atoms in total. The summed E-state index contributed by atoms with van der Waals surface area (Å²) >= 11 is 7.15. The van der Waals surface area contributed by atoms with E-state index in [4.69, 9.17) is 17.0 Å². The number of rotatable bonds is 3. The van der Waals surface area contributed by atoms with Crippen molar-refractivity contribution < 1.29 is 4.74 Å². The van der Waals surface area contributed by atoms with Crippen LogP contribution < -0.4 is 4.74 Å². The molecular weight excluding hydrogens is 307 g/mol. The van der Waals surface area contributed by atoms with E-state index in [9.17, 15) is 0 Å². The number of allylic oxidation sites excluding steroid dienone is 2. The quantitative estimate of drug-likeness (QED) is 0.362. The third-order valence-corrected chi connectivity index (χ3v) is 2.01. The Morgan fingerprint density at radius 2 is 1.93 bits per heavy atom. The highest BCUT2D eigenvalue weighted by Crippen LogP contribution is 2.09. The second kappa shape index (κ2) is 6.73. The molecule has 0 saturated carbocycles. The van der Waals surface area contributed by atoms with E-state index in [0.29, 0.717) is 5.05 Å². The first-order valence-electron chi connectivity index (χ1n) is 4.03. The fourth-order valence-electron chi connectivity index (χ4n) is 0.815. The van der Waals surface area contributed by atoms with Crippen LogP contribution in [0.25, 0.3) is 0 Å². The molecule has 0 aliphatic carbocycles. The summed E-state index contributed by atoms with van der Waals surface area (Å²) in [5.41, 5.74) is 0. The van der Waals surface area contributed by atoms with E-state index >= 15 is 0 Å². The highest BCUT2D eigenvalue weighted by molar-refractivity contribution is 14.1. The molecule has 1 aromatic rings. The van der Waals surface area contributed by atoms with E-state index in [-0.39, 0.29) is 0 Å². The first-order chi connectivity index (χ1) is 6.83. The lowest BCUT2D eigenvalue weighted by Crippen LogP contribution is -2.00. The zero-order chi connectivity index (χ0) is 10.2. The van der Waals surface area contributed by atoms with Gasteiger partial charge in [-0.3, -0.25) is 0 Å². The number of hydrogen-bond donors (Lipinski definition) is 0. The van der Waals surface area contributed by atoms with Crippen molar-refractivity contribution in [3.8, 4) is 5.75 Å². The van der Waals surface area contributed by atoms with Gasteiger partial charge in [0, 0.05) is 0 Å². The Morgan fingerprint density at radius 3 is 2.57 bits per heavy atom. The number of thiocarbonyl (C=S) groups is 1. The fraction of sp³-hybridized carbons (Fsp3) is 0. The molecule has 14 heavy (non-hydrogen) atoms. The van der Waals surface area contributed by atoms with Crippen molar-refractivity contribution in [3.63, 3.8) is 0 Å². The summed E-state index contributed by atoms with van der Waals surface area (Å²) < 4.78 is 7.27. The summed E-state index contributed by atoms with van der Waals surface area (Å²) in [5, 5.41) is 0.464. The minimum absolute atomic E-state index is 0.464. The molecule has 0 unspecified atom stereocenters. The van der Waals surface area contributed by atoms with Gasteiger partial charge in [-0.05, 0) is 34.5 Å². The van der Waals surface area contributed by atoms with Gasteiger partial charge in [0.1, 0.15) is 5.75 Å². The standard InChI is InChI=1S/C11H9IOS/c12-9-5-4-8-11(14)13-10-6-2-1-3-7-10/h1-9H/b8-4+,9-5+. The van der Waals surface area contributed by atoms with Gasteiger partial charge >= 0.3 is 0 Å². The van der Waals surface area contributed by atoms with Crippen LogP contribution in [0.1, 0.15) is 0 Å². The lowest BCUT2D eigenvalue weighted by Gasteiger charge is -2.01. The summed E-state index contributed by atoms with van der Waals surface area (Å²) in [6.07, 6.45) is 5.48. The summed E-state index contributed by atoms with van der Waals surface area (Å²) in [7, 11) is 0. The summed E-state index contributed by atoms with van der Waals surface area (Å²) in [4.78, 5) is 0. The Kier molecular flexibility index (Phi) is 5.47. The van der Waals surface area contributed by atoms with Crippen LogP contribution in [0.15, 0.2) is 52.6 Å². The highest BCUT2D eigenvalue weighted by atomic mass is 127. The maximum Gasteiger partial charge on any atom is 0.190 e. The first-order valence-corrected chi connectivity index (χ1v) is 5.68. The minimum Gasteiger partial charge on any atom is -0.446 e. The van der Waals surface area contributed by atoms with Gasteiger partial charge in [0.25, 0.3) is 0 Å². The number of halogens is 1. The maximum absolute atomic E-state index is 5.37. The second-order valence-electron chi connectivity index (χ2n) is 2.41. The van der Waals surface area contributed by atoms with Crippen molar-refractivity contribution in [1.82, 2.24) is 0 Å². The number of para-hydroxylation sites is 1. The van der Waals surface area contributed by atoms with Crippen molar-refractivity contribution in [1.29, 1.82) is 0 Å². The molecule has 0 aromatic heterocycles. The zero-order valence-electron chi connectivity index (χ0n) is 7.39. The van der Waals surface area contributed by atoms with E-state index in [1.54, 1.807) is 6.08 Å². The molecule has 0 atom stereocenters. The highest BCUT2D eigenvalue weighted by Gasteiger charge is 1.93. The number of benzene rings is 1. The summed E-state index contributed by atoms with van der Waals surface area (Å²) in [5.74, 6) is 0.764. The Hall–Kier alpha value is -0.680. The SMILES string of the molecule is S=C(/C=C/C=C/I)Oc1ccccc1. The van der Waals surface area contributed by atoms with Gasteiger partial charge in [-0.1, -0.05) is 52.9 Å². The molecule has 3 heteroatoms. The second-order valence-corrected chi connectivity index (χ2v) is 3.53. The van der Waals surface area contributed by atoms with Gasteiger partial charge < -0.3 is 4.74 Å². The largest absolute Gasteiger partial charge is 0.446 e. The molecule has 0 heterocycles. The van der Waals surface area contributed by atoms with Crippen LogP contribution in [0.3, 0.4) is 0 Å². The van der Waals surface area contributed by atoms with Crippen molar-refractivity contribution in [2.75, 3.05) is 0 Å². The van der Waals surface area contributed by atoms with Crippen molar-refractivity contribution in [2.24, 2.45) is 0 Å². The van der Waals surface area contributed by atoms with E-state index < -0.39 is 0 Å². The molecule has 1 rings (SSSR count). The molecule has 1 aromatic carbocycles. The Labute approximate surface area is 103 Å². The van der Waals surface area contributed by atoms with Gasteiger partial charge in [0.15, 0.2) is 5.05 Å². The normalized spacial score (nSPS) is 10.9. The van der Waals surface area contributed by atoms with Crippen molar-refractivity contribution >= 4 is 39.9 Å². The lowest BCUT2D eigenvalue weighted by molar-refractivity contribution is 0.569. The first kappa shape index (κ1) is 11.4. The zero-order valence-corrected chi connectivity index (χ0v) is 10.4. The summed E-state index contributed by atoms with van der Waals surface area (Å²) in [6.45, 7) is 0. The van der Waals surface area contributed by atoms with Crippen molar-refractivity contribution in [3.05, 3.63) is 52.6 Å². The third-order valence-electron chi connectivity index (χ3n) is 1.38. The monoisotopic (exact) mass is 316 g/mol. The predicted octanol–water partition coefficient (Wildman–Crippen LogP) is 3.90. The number of hydrogen-bond acceptors (Lipinski definition) is 2. The summed E-state index contributed by atoms with van der Waals surface area (Å²) in [6, 6.07) is 9.49. The van der Waals surface area contributed by atoms with Crippen LogP contribution in [0, 0.1) is 0 Å². The van der Waals surface area contributed by atoms with Crippen LogP contribution in [0.4, 0.5) is 0 Å². The fourth-order valence-corrected chi connectivity index (χ4v) is 1.23.